The third-order valence-electron chi connectivity index (χ3n) is 3.09. The van der Waals surface area contributed by atoms with Crippen LogP contribution in [-0.2, 0) is 0 Å². The first kappa shape index (κ1) is 11.7. The third kappa shape index (κ3) is 2.27. The van der Waals surface area contributed by atoms with Crippen molar-refractivity contribution in [1.82, 2.24) is 9.97 Å². The van der Waals surface area contributed by atoms with Gasteiger partial charge < -0.3 is 5.32 Å². The van der Waals surface area contributed by atoms with E-state index in [9.17, 15) is 0 Å². The fourth-order valence-corrected chi connectivity index (χ4v) is 2.19. The molecule has 3 aromatic rings. The first-order valence-corrected chi connectivity index (χ1v) is 6.42. The van der Waals surface area contributed by atoms with Crippen LogP contribution in [0.15, 0.2) is 54.9 Å². The highest BCUT2D eigenvalue weighted by Crippen LogP contribution is 2.27. The smallest absolute Gasteiger partial charge is 0.222 e. The van der Waals surface area contributed by atoms with Crippen molar-refractivity contribution in [2.24, 2.45) is 0 Å². The van der Waals surface area contributed by atoms with Crippen LogP contribution in [0.4, 0.5) is 5.95 Å². The monoisotopic (exact) mass is 249 g/mol. The summed E-state index contributed by atoms with van der Waals surface area (Å²) in [5, 5.41) is 5.56. The third-order valence-corrected chi connectivity index (χ3v) is 3.09. The molecule has 0 spiro atoms. The van der Waals surface area contributed by atoms with E-state index in [0.717, 1.165) is 12.1 Å². The maximum absolute atomic E-state index is 4.33. The van der Waals surface area contributed by atoms with Gasteiger partial charge in [-0.05, 0) is 23.3 Å². The van der Waals surface area contributed by atoms with Crippen molar-refractivity contribution in [3.05, 3.63) is 54.9 Å². The topological polar surface area (TPSA) is 37.8 Å². The molecule has 1 N–H and O–H groups in total. The van der Waals surface area contributed by atoms with Crippen molar-refractivity contribution in [3.8, 4) is 11.1 Å². The second-order valence-corrected chi connectivity index (χ2v) is 4.35. The molecule has 0 aliphatic heterocycles. The normalized spacial score (nSPS) is 10.6. The van der Waals surface area contributed by atoms with Crippen molar-refractivity contribution >= 4 is 16.7 Å². The van der Waals surface area contributed by atoms with Crippen molar-refractivity contribution in [2.45, 2.75) is 6.92 Å². The van der Waals surface area contributed by atoms with Gasteiger partial charge in [-0.2, -0.15) is 0 Å². The largest absolute Gasteiger partial charge is 0.355 e. The number of hydrogen-bond acceptors (Lipinski definition) is 3. The highest BCUT2D eigenvalue weighted by Gasteiger charge is 2.04. The average Bonchev–Trinajstić information content (AvgIpc) is 2.48. The first-order chi connectivity index (χ1) is 9.38. The molecule has 0 radical (unpaired) electrons. The van der Waals surface area contributed by atoms with Gasteiger partial charge in [-0.15, -0.1) is 0 Å². The van der Waals surface area contributed by atoms with Crippen molar-refractivity contribution in [2.75, 3.05) is 11.9 Å². The molecular weight excluding hydrogens is 234 g/mol. The van der Waals surface area contributed by atoms with Crippen LogP contribution in [0.3, 0.4) is 0 Å². The summed E-state index contributed by atoms with van der Waals surface area (Å²) in [6, 6.07) is 14.6. The molecule has 0 unspecified atom stereocenters. The zero-order chi connectivity index (χ0) is 13.1. The van der Waals surface area contributed by atoms with Gasteiger partial charge in [-0.3, -0.25) is 0 Å². The maximum Gasteiger partial charge on any atom is 0.222 e. The lowest BCUT2D eigenvalue weighted by atomic mass is 10.0. The Kier molecular flexibility index (Phi) is 3.11. The number of nitrogens with zero attached hydrogens (tertiary/aromatic N) is 2. The summed E-state index contributed by atoms with van der Waals surface area (Å²) >= 11 is 0. The molecular formula is C16H15N3. The van der Waals surface area contributed by atoms with Crippen LogP contribution in [0.1, 0.15) is 6.92 Å². The number of hydrogen-bond donors (Lipinski definition) is 1. The predicted molar refractivity (Wildman–Crippen MR) is 79.1 cm³/mol. The van der Waals surface area contributed by atoms with Crippen LogP contribution in [0.2, 0.25) is 0 Å². The Morgan fingerprint density at radius 1 is 0.947 bits per heavy atom. The summed E-state index contributed by atoms with van der Waals surface area (Å²) in [7, 11) is 0. The van der Waals surface area contributed by atoms with Crippen LogP contribution in [0.25, 0.3) is 21.9 Å². The van der Waals surface area contributed by atoms with Gasteiger partial charge in [0.2, 0.25) is 5.95 Å². The molecule has 0 aliphatic rings. The molecule has 0 saturated heterocycles. The molecule has 19 heavy (non-hydrogen) atoms. The lowest BCUT2D eigenvalue weighted by molar-refractivity contribution is 1.09. The number of fused-ring (bicyclic) bond motifs is 1. The minimum Gasteiger partial charge on any atom is -0.355 e. The molecule has 3 nitrogen and oxygen atoms in total. The molecule has 1 heterocycles. The Bertz CT molecular complexity index is 684. The lowest BCUT2D eigenvalue weighted by Gasteiger charge is -2.07. The fourth-order valence-electron chi connectivity index (χ4n) is 2.19. The van der Waals surface area contributed by atoms with E-state index in [0.29, 0.717) is 5.95 Å². The van der Waals surface area contributed by atoms with Crippen molar-refractivity contribution < 1.29 is 0 Å². The van der Waals surface area contributed by atoms with E-state index in [1.165, 1.54) is 16.3 Å². The van der Waals surface area contributed by atoms with Gasteiger partial charge in [-0.25, -0.2) is 9.97 Å². The van der Waals surface area contributed by atoms with E-state index in [2.05, 4.69) is 57.7 Å². The molecule has 0 saturated carbocycles. The maximum atomic E-state index is 4.33. The van der Waals surface area contributed by atoms with Gasteiger partial charge in [0.15, 0.2) is 0 Å². The predicted octanol–water partition coefficient (Wildman–Crippen LogP) is 3.73. The van der Waals surface area contributed by atoms with Crippen LogP contribution in [0.5, 0.6) is 0 Å². The quantitative estimate of drug-likeness (QED) is 0.768. The summed E-state index contributed by atoms with van der Waals surface area (Å²) < 4.78 is 0. The van der Waals surface area contributed by atoms with E-state index >= 15 is 0 Å². The number of benzene rings is 2. The van der Waals surface area contributed by atoms with Gasteiger partial charge in [0, 0.05) is 24.5 Å². The Morgan fingerprint density at radius 3 is 2.47 bits per heavy atom. The second-order valence-electron chi connectivity index (χ2n) is 4.35. The zero-order valence-corrected chi connectivity index (χ0v) is 10.8. The molecule has 3 heteroatoms. The van der Waals surface area contributed by atoms with E-state index < -0.39 is 0 Å². The minimum absolute atomic E-state index is 0.673. The van der Waals surface area contributed by atoms with E-state index in [4.69, 9.17) is 0 Å². The zero-order valence-electron chi connectivity index (χ0n) is 10.8. The molecule has 3 rings (SSSR count). The van der Waals surface area contributed by atoms with E-state index in [-0.39, 0.29) is 0 Å². The Balaban J connectivity index is 2.08. The van der Waals surface area contributed by atoms with Crippen LogP contribution < -0.4 is 5.32 Å². The molecule has 1 aromatic heterocycles. The SMILES string of the molecule is CCNc1ncc(-c2cccc3ccccc23)cn1. The number of aromatic nitrogens is 2. The van der Waals surface area contributed by atoms with E-state index in [1.54, 1.807) is 0 Å². The standard InChI is InChI=1S/C16H15N3/c1-2-17-16-18-10-13(11-19-16)15-9-5-7-12-6-3-4-8-14(12)15/h3-11H,2H2,1H3,(H,17,18,19). The Morgan fingerprint density at radius 2 is 1.68 bits per heavy atom. The average molecular weight is 249 g/mol. The fraction of sp³-hybridized carbons (Fsp3) is 0.125. The highest BCUT2D eigenvalue weighted by atomic mass is 15.1. The van der Waals surface area contributed by atoms with Gasteiger partial charge in [0.05, 0.1) is 0 Å². The molecule has 0 atom stereocenters. The van der Waals surface area contributed by atoms with Crippen LogP contribution >= 0.6 is 0 Å². The number of nitrogens with one attached hydrogen (secondary N) is 1. The Hall–Kier alpha value is -2.42. The summed E-state index contributed by atoms with van der Waals surface area (Å²) in [5.74, 6) is 0.673. The number of anilines is 1. The van der Waals surface area contributed by atoms with Gasteiger partial charge in [0.1, 0.15) is 0 Å². The molecule has 0 bridgehead atoms. The lowest BCUT2D eigenvalue weighted by Crippen LogP contribution is -2.01. The molecule has 0 amide bonds. The minimum atomic E-state index is 0.673. The molecule has 94 valence electrons. The molecule has 2 aromatic carbocycles. The summed E-state index contributed by atoms with van der Waals surface area (Å²) in [4.78, 5) is 8.66. The summed E-state index contributed by atoms with van der Waals surface area (Å²) in [6.07, 6.45) is 3.74. The van der Waals surface area contributed by atoms with Gasteiger partial charge >= 0.3 is 0 Å². The highest BCUT2D eigenvalue weighted by molar-refractivity contribution is 5.96. The molecule has 0 aliphatic carbocycles. The van der Waals surface area contributed by atoms with Crippen LogP contribution in [0, 0.1) is 0 Å². The molecule has 0 fully saturated rings. The van der Waals surface area contributed by atoms with Gasteiger partial charge in [-0.1, -0.05) is 42.5 Å². The van der Waals surface area contributed by atoms with Crippen molar-refractivity contribution in [1.29, 1.82) is 0 Å². The Labute approximate surface area is 112 Å². The van der Waals surface area contributed by atoms with Gasteiger partial charge in [0.25, 0.3) is 0 Å². The number of rotatable bonds is 3. The van der Waals surface area contributed by atoms with Crippen molar-refractivity contribution in [3.63, 3.8) is 0 Å². The second kappa shape index (κ2) is 5.06. The summed E-state index contributed by atoms with van der Waals surface area (Å²) in [5.41, 5.74) is 2.21. The summed E-state index contributed by atoms with van der Waals surface area (Å²) in [6.45, 7) is 2.86. The first-order valence-electron chi connectivity index (χ1n) is 6.42. The van der Waals surface area contributed by atoms with E-state index in [1.807, 2.05) is 19.3 Å². The van der Waals surface area contributed by atoms with Crippen LogP contribution in [-0.4, -0.2) is 16.5 Å².